The number of benzene rings is 2. The number of methoxy groups -OCH3 is 2. The highest BCUT2D eigenvalue weighted by atomic mass is 16.5. The third-order valence-electron chi connectivity index (χ3n) is 16.2. The number of nitrogens with one attached hydrogen (secondary N) is 4. The summed E-state index contributed by atoms with van der Waals surface area (Å²) in [4.78, 5) is 76.1. The first-order chi connectivity index (χ1) is 35.2. The van der Waals surface area contributed by atoms with Crippen LogP contribution < -0.4 is 15.4 Å². The van der Waals surface area contributed by atoms with Crippen LogP contribution in [-0.2, 0) is 52.7 Å². The van der Waals surface area contributed by atoms with E-state index < -0.39 is 24.3 Å². The van der Waals surface area contributed by atoms with E-state index in [9.17, 15) is 19.2 Å². The Bertz CT molecular complexity index is 2680. The first kappa shape index (κ1) is 50.5. The summed E-state index contributed by atoms with van der Waals surface area (Å²) in [7, 11) is 2.98. The van der Waals surface area contributed by atoms with Crippen molar-refractivity contribution < 1.29 is 47.6 Å². The fourth-order valence-electron chi connectivity index (χ4n) is 13.0. The predicted octanol–water partition coefficient (Wildman–Crippen LogP) is 7.96. The van der Waals surface area contributed by atoms with Crippen molar-refractivity contribution >= 4 is 24.0 Å². The number of H-pyrrole nitrogens is 2. The van der Waals surface area contributed by atoms with E-state index in [1.165, 1.54) is 12.7 Å². The molecule has 7 heterocycles. The van der Waals surface area contributed by atoms with Gasteiger partial charge in [-0.1, -0.05) is 12.1 Å². The van der Waals surface area contributed by atoms with Gasteiger partial charge in [0.25, 0.3) is 0 Å². The third-order valence-corrected chi connectivity index (χ3v) is 16.2. The van der Waals surface area contributed by atoms with Crippen molar-refractivity contribution in [2.75, 3.05) is 34.0 Å². The first-order valence-electron chi connectivity index (χ1n) is 26.5. The summed E-state index contributed by atoms with van der Waals surface area (Å²) >= 11 is 0. The lowest BCUT2D eigenvalue weighted by molar-refractivity contribution is -0.140. The summed E-state index contributed by atoms with van der Waals surface area (Å²) < 4.78 is 34.4. The van der Waals surface area contributed by atoms with Gasteiger partial charge < -0.3 is 58.8 Å². The Morgan fingerprint density at radius 1 is 0.767 bits per heavy atom. The summed E-state index contributed by atoms with van der Waals surface area (Å²) in [5, 5.41) is 5.85. The SMILES string of the molecule is CCOC(=O)N[C@H](C(=O)N1[C@@H](C)CC[C@H]1c1nc2c([nH]1)CCc1cc3c(cc1-2)OCc1cc(-c2cnc([C@@H]4C[C@H](COC)CN4C(=O)[C@@H](NC(=O)OC)C4C[C@@H](C)O[C@H](C)C4)[nH]2)ccc1-3)C1C[C@@H](C)O[C@H](C)C1. The second-order valence-corrected chi connectivity index (χ2v) is 21.5. The molecule has 0 radical (unpaired) electrons. The van der Waals surface area contributed by atoms with Crippen molar-refractivity contribution in [1.29, 1.82) is 0 Å². The highest BCUT2D eigenvalue weighted by molar-refractivity contribution is 5.88. The number of rotatable bonds is 12. The number of aryl methyl sites for hydroxylation is 2. The molecular formula is C55H72N8O10. The van der Waals surface area contributed by atoms with Crippen molar-refractivity contribution in [3.63, 3.8) is 0 Å². The van der Waals surface area contributed by atoms with Crippen LogP contribution in [0.25, 0.3) is 33.6 Å². The highest BCUT2D eigenvalue weighted by Crippen LogP contribution is 2.47. The number of nitrogens with zero attached hydrogens (tertiary/aromatic N) is 4. The molecule has 18 nitrogen and oxygen atoms in total. The van der Waals surface area contributed by atoms with E-state index in [4.69, 9.17) is 38.4 Å². The number of imidazole rings is 2. The van der Waals surface area contributed by atoms with Gasteiger partial charge in [-0.2, -0.15) is 0 Å². The van der Waals surface area contributed by atoms with Crippen LogP contribution in [-0.4, -0.2) is 130 Å². The zero-order valence-corrected chi connectivity index (χ0v) is 43.5. The van der Waals surface area contributed by atoms with Crippen molar-refractivity contribution in [3.8, 4) is 39.4 Å². The maximum Gasteiger partial charge on any atom is 0.407 e. The minimum absolute atomic E-state index is 0.0333. The van der Waals surface area contributed by atoms with Gasteiger partial charge >= 0.3 is 12.2 Å². The molecule has 1 aliphatic carbocycles. The Kier molecular flexibility index (Phi) is 14.6. The Morgan fingerprint density at radius 2 is 1.47 bits per heavy atom. The van der Waals surface area contributed by atoms with Gasteiger partial charge in [0.15, 0.2) is 0 Å². The zero-order chi connectivity index (χ0) is 51.2. The van der Waals surface area contributed by atoms with Crippen LogP contribution in [0.3, 0.4) is 0 Å². The molecule has 4 fully saturated rings. The molecule has 73 heavy (non-hydrogen) atoms. The largest absolute Gasteiger partial charge is 0.488 e. The predicted molar refractivity (Wildman–Crippen MR) is 270 cm³/mol. The second kappa shape index (κ2) is 21.1. The minimum Gasteiger partial charge on any atom is -0.488 e. The summed E-state index contributed by atoms with van der Waals surface area (Å²) in [6, 6.07) is 8.57. The molecule has 4 N–H and O–H groups in total. The molecule has 0 bridgehead atoms. The lowest BCUT2D eigenvalue weighted by Gasteiger charge is -2.39. The van der Waals surface area contributed by atoms with Crippen molar-refractivity contribution in [2.24, 2.45) is 17.8 Å². The first-order valence-corrected chi connectivity index (χ1v) is 26.5. The molecule has 4 saturated heterocycles. The zero-order valence-electron chi connectivity index (χ0n) is 43.5. The van der Waals surface area contributed by atoms with Crippen LogP contribution in [0, 0.1) is 17.8 Å². The number of fused-ring (bicyclic) bond motifs is 6. The molecule has 18 heteroatoms. The molecule has 0 saturated carbocycles. The standard InChI is InChI=1S/C55H72N8O10/c1-9-70-55(67)61-48(37-18-31(5)73-32(6)19-37)53(65)63-28(2)10-15-44(63)51-57-42-14-12-34-22-41-39-13-11-35(21-38(39)27-71-46(41)23-40(34)49(42)59-51)43-24-56-50(58-43)45-20-33(26-68-7)25-62(45)52(64)47(60-54(66)69-8)36-16-29(3)72-30(4)17-36/h11,13,21-24,28-33,36-37,44-45,47-48H,9-10,12,14-20,25-27H2,1-8H3,(H,56,58)(H,57,59)(H,60,66)(H,61,67)/t28-,29+,30+,31+,32+,33-,44-,45-,47-,48-/m0/s1. The number of aromatic nitrogens is 4. The quantitative estimate of drug-likeness (QED) is 0.107. The fraction of sp³-hybridized carbons (Fsp3) is 0.600. The van der Waals surface area contributed by atoms with Gasteiger partial charge in [-0.05, 0) is 152 Å². The Balaban J connectivity index is 0.879. The Hall–Kier alpha value is -5.98. The average Bonchev–Trinajstić information content (AvgIpc) is 4.19. The van der Waals surface area contributed by atoms with E-state index in [0.717, 1.165) is 82.2 Å². The molecular weight excluding hydrogens is 933 g/mol. The van der Waals surface area contributed by atoms with Crippen molar-refractivity contribution in [3.05, 3.63) is 65.0 Å². The molecule has 4 aromatic rings. The maximum absolute atomic E-state index is 14.8. The molecule has 10 rings (SSSR count). The number of hydrogen-bond acceptors (Lipinski definition) is 12. The number of amides is 4. The second-order valence-electron chi connectivity index (χ2n) is 21.5. The van der Waals surface area contributed by atoms with E-state index in [1.54, 1.807) is 14.0 Å². The van der Waals surface area contributed by atoms with E-state index in [2.05, 4.69) is 57.9 Å². The lowest BCUT2D eigenvalue weighted by atomic mass is 9.85. The molecule has 4 amide bonds. The lowest BCUT2D eigenvalue weighted by Crippen LogP contribution is -2.55. The van der Waals surface area contributed by atoms with Crippen LogP contribution in [0.2, 0.25) is 0 Å². The number of carbonyl (C=O) groups excluding carboxylic acids is 4. The fourth-order valence-corrected chi connectivity index (χ4v) is 13.0. The number of aromatic amines is 2. The average molecular weight is 1010 g/mol. The Labute approximate surface area is 427 Å². The number of carbonyl (C=O) groups is 4. The summed E-state index contributed by atoms with van der Waals surface area (Å²) in [6.07, 6.45) is 6.84. The maximum atomic E-state index is 14.8. The van der Waals surface area contributed by atoms with Gasteiger partial charge in [0.2, 0.25) is 11.8 Å². The summed E-state index contributed by atoms with van der Waals surface area (Å²) in [5.41, 5.74) is 9.10. The molecule has 392 valence electrons. The van der Waals surface area contributed by atoms with Gasteiger partial charge in [0.05, 0.1) is 74.4 Å². The Morgan fingerprint density at radius 3 is 2.15 bits per heavy atom. The van der Waals surface area contributed by atoms with E-state index in [0.29, 0.717) is 57.7 Å². The number of likely N-dealkylation sites (tertiary alicyclic amines) is 2. The molecule has 6 aliphatic rings. The molecule has 0 unspecified atom stereocenters. The molecule has 2 aromatic heterocycles. The van der Waals surface area contributed by atoms with Gasteiger partial charge in [-0.3, -0.25) is 9.59 Å². The van der Waals surface area contributed by atoms with Gasteiger partial charge in [-0.15, -0.1) is 0 Å². The van der Waals surface area contributed by atoms with Gasteiger partial charge in [-0.25, -0.2) is 19.6 Å². The normalized spacial score (nSPS) is 28.2. The third kappa shape index (κ3) is 10.2. The van der Waals surface area contributed by atoms with Crippen LogP contribution in [0.1, 0.15) is 127 Å². The smallest absolute Gasteiger partial charge is 0.407 e. The molecule has 2 aromatic carbocycles. The molecule has 10 atom stereocenters. The molecule has 0 spiro atoms. The van der Waals surface area contributed by atoms with E-state index >= 15 is 0 Å². The van der Waals surface area contributed by atoms with Crippen LogP contribution in [0.5, 0.6) is 5.75 Å². The van der Waals surface area contributed by atoms with Gasteiger partial charge in [0, 0.05) is 42.4 Å². The summed E-state index contributed by atoms with van der Waals surface area (Å²) in [6.45, 7) is 13.4. The van der Waals surface area contributed by atoms with Crippen LogP contribution in [0.15, 0.2) is 36.5 Å². The van der Waals surface area contributed by atoms with Crippen LogP contribution >= 0.6 is 0 Å². The van der Waals surface area contributed by atoms with Crippen molar-refractivity contribution in [2.45, 2.75) is 161 Å². The van der Waals surface area contributed by atoms with Crippen LogP contribution in [0.4, 0.5) is 9.59 Å². The topological polar surface area (TPSA) is 212 Å². The monoisotopic (exact) mass is 1000 g/mol. The number of ether oxygens (including phenoxy) is 6. The minimum atomic E-state index is -0.783. The molecule has 5 aliphatic heterocycles. The van der Waals surface area contributed by atoms with E-state index in [-0.39, 0.29) is 78.7 Å². The highest BCUT2D eigenvalue weighted by Gasteiger charge is 2.47. The summed E-state index contributed by atoms with van der Waals surface area (Å²) in [5.74, 6) is 1.81. The van der Waals surface area contributed by atoms with Crippen molar-refractivity contribution in [1.82, 2.24) is 40.4 Å². The number of hydrogen-bond donors (Lipinski definition) is 4. The van der Waals surface area contributed by atoms with Gasteiger partial charge in [0.1, 0.15) is 36.1 Å². The van der Waals surface area contributed by atoms with E-state index in [1.807, 2.05) is 43.7 Å². The number of alkyl carbamates (subject to hydrolysis) is 2.